The summed E-state index contributed by atoms with van der Waals surface area (Å²) in [6.07, 6.45) is 0.0668. The van der Waals surface area contributed by atoms with Crippen molar-refractivity contribution in [2.75, 3.05) is 19.6 Å². The third kappa shape index (κ3) is 5.59. The summed E-state index contributed by atoms with van der Waals surface area (Å²) in [4.78, 5) is 2.60. The Balaban J connectivity index is 1.11. The summed E-state index contributed by atoms with van der Waals surface area (Å²) in [5.41, 5.74) is 5.75. The molecule has 0 saturated carbocycles. The number of piperidine rings is 1. The van der Waals surface area contributed by atoms with Crippen molar-refractivity contribution in [2.45, 2.75) is 47.8 Å². The van der Waals surface area contributed by atoms with Crippen LogP contribution in [-0.4, -0.2) is 24.5 Å². The van der Waals surface area contributed by atoms with Crippen LogP contribution in [0, 0.1) is 0 Å². The molecule has 0 aliphatic carbocycles. The van der Waals surface area contributed by atoms with Gasteiger partial charge in [0, 0.05) is 10.7 Å². The Bertz CT molecular complexity index is 1350. The van der Waals surface area contributed by atoms with Crippen LogP contribution >= 0.6 is 11.8 Å². The van der Waals surface area contributed by atoms with Gasteiger partial charge in [0.25, 0.3) is 0 Å². The van der Waals surface area contributed by atoms with Crippen molar-refractivity contribution in [3.8, 4) is 0 Å². The smallest absolute Gasteiger partial charge is 0.303 e. The predicted molar refractivity (Wildman–Crippen MR) is 159 cm³/mol. The van der Waals surface area contributed by atoms with E-state index in [1.54, 1.807) is 12.1 Å². The summed E-state index contributed by atoms with van der Waals surface area (Å²) in [7, 11) is 0. The van der Waals surface area contributed by atoms with Crippen LogP contribution in [0.5, 0.6) is 0 Å². The Morgan fingerprint density at radius 3 is 1.93 bits per heavy atom. The average molecular weight is 558 g/mol. The molecule has 2 aliphatic heterocycles. The van der Waals surface area contributed by atoms with Gasteiger partial charge in [0.1, 0.15) is 0 Å². The number of hydrogen-bond acceptors (Lipinski definition) is 2. The summed E-state index contributed by atoms with van der Waals surface area (Å²) in [6.45, 7) is 3.17. The molecule has 0 bridgehead atoms. The van der Waals surface area contributed by atoms with Gasteiger partial charge in [-0.25, -0.2) is 0 Å². The molecule has 5 heteroatoms. The Kier molecular flexibility index (Phi) is 7.78. The van der Waals surface area contributed by atoms with Crippen LogP contribution < -0.4 is 0 Å². The van der Waals surface area contributed by atoms with E-state index in [1.165, 1.54) is 34.4 Å². The van der Waals surface area contributed by atoms with Crippen molar-refractivity contribution in [2.24, 2.45) is 0 Å². The first-order valence-corrected chi connectivity index (χ1v) is 15.1. The quantitative estimate of drug-likeness (QED) is 0.223. The number of alkyl halides is 3. The van der Waals surface area contributed by atoms with Crippen LogP contribution in [0.3, 0.4) is 0 Å². The number of hydrogen-bond donors (Lipinski definition) is 0. The van der Waals surface area contributed by atoms with E-state index in [2.05, 4.69) is 89.8 Å². The molecule has 1 fully saturated rings. The molecule has 206 valence electrons. The lowest BCUT2D eigenvalue weighted by atomic mass is 9.84. The molecule has 1 saturated heterocycles. The predicted octanol–water partition coefficient (Wildman–Crippen LogP) is 9.45. The van der Waals surface area contributed by atoms with Crippen molar-refractivity contribution < 1.29 is 13.2 Å². The maximum atomic E-state index is 13.2. The zero-order valence-corrected chi connectivity index (χ0v) is 23.3. The van der Waals surface area contributed by atoms with Gasteiger partial charge >= 0.3 is 6.18 Å². The lowest BCUT2D eigenvalue weighted by Crippen LogP contribution is -2.40. The molecular weight excluding hydrogens is 523 g/mol. The molecule has 4 aromatic rings. The normalized spacial score (nSPS) is 18.8. The van der Waals surface area contributed by atoms with Crippen LogP contribution in [0.25, 0.3) is 0 Å². The molecule has 1 unspecified atom stereocenters. The van der Waals surface area contributed by atoms with Crippen molar-refractivity contribution in [1.82, 2.24) is 4.90 Å². The molecular formula is C35H34F3NS. The van der Waals surface area contributed by atoms with E-state index >= 15 is 0 Å². The zero-order valence-electron chi connectivity index (χ0n) is 22.5. The minimum absolute atomic E-state index is 0.0249. The maximum absolute atomic E-state index is 13.2. The summed E-state index contributed by atoms with van der Waals surface area (Å²) in [5.74, 6) is 0.403. The van der Waals surface area contributed by atoms with E-state index in [1.807, 2.05) is 11.8 Å². The highest BCUT2D eigenvalue weighted by Gasteiger charge is 2.46. The van der Waals surface area contributed by atoms with E-state index < -0.39 is 11.7 Å². The highest BCUT2D eigenvalue weighted by molar-refractivity contribution is 8.01. The third-order valence-electron chi connectivity index (χ3n) is 8.65. The number of likely N-dealkylation sites (tertiary alicyclic amines) is 1. The van der Waals surface area contributed by atoms with E-state index in [0.717, 1.165) is 50.9 Å². The van der Waals surface area contributed by atoms with E-state index in [-0.39, 0.29) is 10.00 Å². The lowest BCUT2D eigenvalue weighted by Gasteiger charge is -2.40. The second-order valence-corrected chi connectivity index (χ2v) is 12.5. The largest absolute Gasteiger partial charge is 0.416 e. The van der Waals surface area contributed by atoms with E-state index in [4.69, 9.17) is 0 Å². The first-order chi connectivity index (χ1) is 19.4. The fourth-order valence-electron chi connectivity index (χ4n) is 6.53. The second kappa shape index (κ2) is 11.5. The number of thioether (sulfide) groups is 1. The molecule has 1 atom stereocenters. The molecule has 0 amide bonds. The molecule has 1 spiro atoms. The van der Waals surface area contributed by atoms with Crippen LogP contribution in [0.4, 0.5) is 13.2 Å². The molecule has 40 heavy (non-hydrogen) atoms. The van der Waals surface area contributed by atoms with Gasteiger partial charge in [-0.3, -0.25) is 0 Å². The lowest BCUT2D eigenvalue weighted by molar-refractivity contribution is -0.137. The van der Waals surface area contributed by atoms with Crippen LogP contribution in [0.2, 0.25) is 0 Å². The summed E-state index contributed by atoms with van der Waals surface area (Å²) in [6, 6.07) is 36.0. The van der Waals surface area contributed by atoms with Crippen molar-refractivity contribution in [3.63, 3.8) is 0 Å². The van der Waals surface area contributed by atoms with Gasteiger partial charge in [0.2, 0.25) is 0 Å². The molecule has 2 heterocycles. The second-order valence-electron chi connectivity index (χ2n) is 11.1. The highest BCUT2D eigenvalue weighted by atomic mass is 32.2. The van der Waals surface area contributed by atoms with Crippen LogP contribution in [-0.2, 0) is 10.9 Å². The van der Waals surface area contributed by atoms with E-state index in [9.17, 15) is 13.2 Å². The first kappa shape index (κ1) is 27.2. The molecule has 6 rings (SSSR count). The van der Waals surface area contributed by atoms with Crippen molar-refractivity contribution in [3.05, 3.63) is 143 Å². The fraction of sp³-hybridized carbons (Fsp3) is 0.314. The van der Waals surface area contributed by atoms with Crippen LogP contribution in [0.1, 0.15) is 70.2 Å². The molecule has 0 aromatic heterocycles. The number of halogens is 3. The standard InChI is InChI=1S/C35H34F3NS/c36-35(37,38)29-19-17-28(18-20-29)33-31-14-7-8-16-32(31)34(40-33)21-24-39(25-22-34)23-9-15-30(26-10-3-1-4-11-26)27-12-5-2-6-13-27/h1-8,10-14,16-20,30,33H,9,15,21-25H2. The Hall–Kier alpha value is -3.02. The maximum Gasteiger partial charge on any atom is 0.416 e. The molecule has 1 nitrogen and oxygen atoms in total. The SMILES string of the molecule is FC(F)(F)c1ccc(C2SC3(CCN(CCCC(c4ccccc4)c4ccccc4)CC3)c3ccccc32)cc1. The zero-order chi connectivity index (χ0) is 27.6. The van der Waals surface area contributed by atoms with Crippen molar-refractivity contribution in [1.29, 1.82) is 0 Å². The summed E-state index contributed by atoms with van der Waals surface area (Å²) in [5, 5.41) is 0.0718. The Labute approximate surface area is 239 Å². The third-order valence-corrected chi connectivity index (χ3v) is 10.5. The van der Waals surface area contributed by atoms with Gasteiger partial charge in [-0.05, 0) is 85.3 Å². The van der Waals surface area contributed by atoms with Gasteiger partial charge < -0.3 is 4.90 Å². The summed E-state index contributed by atoms with van der Waals surface area (Å²) >= 11 is 1.95. The monoisotopic (exact) mass is 557 g/mol. The number of nitrogens with zero attached hydrogens (tertiary/aromatic N) is 1. The Morgan fingerprint density at radius 2 is 1.32 bits per heavy atom. The van der Waals surface area contributed by atoms with Crippen molar-refractivity contribution >= 4 is 11.8 Å². The van der Waals surface area contributed by atoms with Gasteiger partial charge in [-0.15, -0.1) is 11.8 Å². The Morgan fingerprint density at radius 1 is 0.750 bits per heavy atom. The molecule has 0 radical (unpaired) electrons. The van der Waals surface area contributed by atoms with Crippen LogP contribution in [0.15, 0.2) is 109 Å². The molecule has 0 N–H and O–H groups in total. The van der Waals surface area contributed by atoms with Gasteiger partial charge in [-0.2, -0.15) is 13.2 Å². The fourth-order valence-corrected chi connectivity index (χ4v) is 8.34. The number of rotatable bonds is 7. The van der Waals surface area contributed by atoms with E-state index in [0.29, 0.717) is 5.92 Å². The van der Waals surface area contributed by atoms with Gasteiger partial charge in [0.05, 0.1) is 10.8 Å². The summed E-state index contributed by atoms with van der Waals surface area (Å²) < 4.78 is 39.5. The van der Waals surface area contributed by atoms with Gasteiger partial charge in [-0.1, -0.05) is 97.1 Å². The molecule has 4 aromatic carbocycles. The minimum atomic E-state index is -4.31. The topological polar surface area (TPSA) is 3.24 Å². The number of benzene rings is 4. The van der Waals surface area contributed by atoms with Gasteiger partial charge in [0.15, 0.2) is 0 Å². The minimum Gasteiger partial charge on any atom is -0.303 e. The first-order valence-electron chi connectivity index (χ1n) is 14.2. The average Bonchev–Trinajstić information content (AvgIpc) is 3.31. The molecule has 2 aliphatic rings. The number of fused-ring (bicyclic) bond motifs is 2. The highest BCUT2D eigenvalue weighted by Crippen LogP contribution is 2.61.